The smallest absolute Gasteiger partial charge is 0.303 e. The monoisotopic (exact) mass is 314 g/mol. The third kappa shape index (κ3) is 6.08. The van der Waals surface area contributed by atoms with Gasteiger partial charge in [0, 0.05) is 25.1 Å². The van der Waals surface area contributed by atoms with E-state index >= 15 is 0 Å². The van der Waals surface area contributed by atoms with E-state index in [0.717, 1.165) is 12.1 Å². The van der Waals surface area contributed by atoms with Crippen LogP contribution >= 0.6 is 0 Å². The quantitative estimate of drug-likeness (QED) is 0.744. The zero-order valence-electron chi connectivity index (χ0n) is 13.2. The highest BCUT2D eigenvalue weighted by Gasteiger charge is 2.12. The van der Waals surface area contributed by atoms with Gasteiger partial charge in [0.25, 0.3) is 0 Å². The van der Waals surface area contributed by atoms with E-state index in [4.69, 9.17) is 9.84 Å². The molecule has 5 nitrogen and oxygen atoms in total. The van der Waals surface area contributed by atoms with E-state index < -0.39 is 5.97 Å². The van der Waals surface area contributed by atoms with Gasteiger partial charge in [-0.2, -0.15) is 0 Å². The number of methoxy groups -OCH3 is 1. The molecule has 0 amide bonds. The molecule has 0 saturated heterocycles. The molecule has 0 saturated carbocycles. The van der Waals surface area contributed by atoms with Crippen LogP contribution in [-0.4, -0.2) is 29.2 Å². The number of nitrogens with one attached hydrogen (secondary N) is 1. The largest absolute Gasteiger partial charge is 0.481 e. The SMILES string of the molecule is COc1cccc(CNC(CCC(=O)O)Cc2ccccc2)n1. The van der Waals surface area contributed by atoms with Gasteiger partial charge >= 0.3 is 5.97 Å². The molecular weight excluding hydrogens is 292 g/mol. The molecule has 0 fully saturated rings. The van der Waals surface area contributed by atoms with Crippen molar-refractivity contribution >= 4 is 5.97 Å². The molecule has 2 N–H and O–H groups in total. The van der Waals surface area contributed by atoms with Gasteiger partial charge in [0.15, 0.2) is 0 Å². The normalized spacial score (nSPS) is 11.9. The number of benzene rings is 1. The number of hydrogen-bond acceptors (Lipinski definition) is 4. The lowest BCUT2D eigenvalue weighted by Crippen LogP contribution is -2.31. The lowest BCUT2D eigenvalue weighted by Gasteiger charge is -2.18. The van der Waals surface area contributed by atoms with Crippen molar-refractivity contribution in [3.63, 3.8) is 0 Å². The third-order valence-corrected chi connectivity index (χ3v) is 3.59. The zero-order valence-corrected chi connectivity index (χ0v) is 13.2. The van der Waals surface area contributed by atoms with Gasteiger partial charge < -0.3 is 15.2 Å². The first-order valence-corrected chi connectivity index (χ1v) is 7.66. The minimum Gasteiger partial charge on any atom is -0.481 e. The molecule has 5 heteroatoms. The Balaban J connectivity index is 1.97. The molecule has 0 aliphatic heterocycles. The van der Waals surface area contributed by atoms with Crippen LogP contribution < -0.4 is 10.1 Å². The fourth-order valence-corrected chi connectivity index (χ4v) is 2.39. The fraction of sp³-hybridized carbons (Fsp3) is 0.333. The summed E-state index contributed by atoms with van der Waals surface area (Å²) in [6.45, 7) is 0.578. The van der Waals surface area contributed by atoms with E-state index in [1.807, 2.05) is 30.3 Å². The molecule has 23 heavy (non-hydrogen) atoms. The molecule has 0 radical (unpaired) electrons. The third-order valence-electron chi connectivity index (χ3n) is 3.59. The van der Waals surface area contributed by atoms with E-state index in [0.29, 0.717) is 18.8 Å². The highest BCUT2D eigenvalue weighted by atomic mass is 16.5. The molecule has 0 bridgehead atoms. The number of ether oxygens (including phenoxy) is 1. The minimum atomic E-state index is -0.774. The Bertz CT molecular complexity index is 617. The summed E-state index contributed by atoms with van der Waals surface area (Å²) in [5.41, 5.74) is 2.06. The number of nitrogens with zero attached hydrogens (tertiary/aromatic N) is 1. The van der Waals surface area contributed by atoms with Crippen LogP contribution in [0.3, 0.4) is 0 Å². The fourth-order valence-electron chi connectivity index (χ4n) is 2.39. The summed E-state index contributed by atoms with van der Waals surface area (Å²) in [5, 5.41) is 12.3. The van der Waals surface area contributed by atoms with Crippen molar-refractivity contribution < 1.29 is 14.6 Å². The second-order valence-electron chi connectivity index (χ2n) is 5.37. The van der Waals surface area contributed by atoms with Crippen molar-refractivity contribution in [3.8, 4) is 5.88 Å². The van der Waals surface area contributed by atoms with Gasteiger partial charge in [0.1, 0.15) is 0 Å². The number of carbonyl (C=O) groups is 1. The molecule has 0 spiro atoms. The maximum absolute atomic E-state index is 10.9. The zero-order chi connectivity index (χ0) is 16.5. The average molecular weight is 314 g/mol. The first-order chi connectivity index (χ1) is 11.2. The lowest BCUT2D eigenvalue weighted by molar-refractivity contribution is -0.137. The van der Waals surface area contributed by atoms with E-state index in [1.165, 1.54) is 5.56 Å². The van der Waals surface area contributed by atoms with Crippen molar-refractivity contribution in [2.75, 3.05) is 7.11 Å². The Morgan fingerprint density at radius 2 is 2.00 bits per heavy atom. The number of aliphatic carboxylic acids is 1. The second-order valence-corrected chi connectivity index (χ2v) is 5.37. The summed E-state index contributed by atoms with van der Waals surface area (Å²) < 4.78 is 5.12. The van der Waals surface area contributed by atoms with Crippen LogP contribution in [0.2, 0.25) is 0 Å². The van der Waals surface area contributed by atoms with Crippen LogP contribution in [0.1, 0.15) is 24.1 Å². The summed E-state index contributed by atoms with van der Waals surface area (Å²) >= 11 is 0. The number of hydrogen-bond donors (Lipinski definition) is 2. The van der Waals surface area contributed by atoms with Crippen LogP contribution in [0, 0.1) is 0 Å². The van der Waals surface area contributed by atoms with Crippen LogP contribution in [-0.2, 0) is 17.8 Å². The molecule has 2 aromatic rings. The van der Waals surface area contributed by atoms with E-state index in [-0.39, 0.29) is 12.5 Å². The molecule has 1 aromatic carbocycles. The summed E-state index contributed by atoms with van der Waals surface area (Å²) in [5.74, 6) is -0.196. The number of carboxylic acid groups (broad SMARTS) is 1. The van der Waals surface area contributed by atoms with Crippen molar-refractivity contribution in [1.29, 1.82) is 0 Å². The molecule has 1 unspecified atom stereocenters. The number of pyridine rings is 1. The molecule has 1 atom stereocenters. The van der Waals surface area contributed by atoms with Gasteiger partial charge in [0.2, 0.25) is 5.88 Å². The standard InChI is InChI=1S/C18H22N2O3/c1-23-17-9-5-8-16(20-17)13-19-15(10-11-18(21)22)12-14-6-3-2-4-7-14/h2-9,15,19H,10-13H2,1H3,(H,21,22). The molecule has 0 aliphatic carbocycles. The van der Waals surface area contributed by atoms with E-state index in [9.17, 15) is 4.79 Å². The number of aromatic nitrogens is 1. The molecule has 2 rings (SSSR count). The van der Waals surface area contributed by atoms with Crippen molar-refractivity contribution in [1.82, 2.24) is 10.3 Å². The van der Waals surface area contributed by atoms with Gasteiger partial charge in [-0.1, -0.05) is 36.4 Å². The van der Waals surface area contributed by atoms with E-state index in [2.05, 4.69) is 22.4 Å². The highest BCUT2D eigenvalue weighted by Crippen LogP contribution is 2.10. The van der Waals surface area contributed by atoms with Crippen molar-refractivity contribution in [2.45, 2.75) is 31.8 Å². The van der Waals surface area contributed by atoms with Gasteiger partial charge in [0.05, 0.1) is 12.8 Å². The van der Waals surface area contributed by atoms with Gasteiger partial charge in [-0.25, -0.2) is 4.98 Å². The maximum Gasteiger partial charge on any atom is 0.303 e. The predicted octanol–water partition coefficient (Wildman–Crippen LogP) is 2.66. The Morgan fingerprint density at radius 3 is 2.70 bits per heavy atom. The molecular formula is C18H22N2O3. The highest BCUT2D eigenvalue weighted by molar-refractivity contribution is 5.66. The average Bonchev–Trinajstić information content (AvgIpc) is 2.58. The first-order valence-electron chi connectivity index (χ1n) is 7.66. The molecule has 0 aliphatic rings. The number of rotatable bonds is 9. The Kier molecular flexibility index (Phi) is 6.56. The Hall–Kier alpha value is -2.40. The molecule has 1 heterocycles. The van der Waals surface area contributed by atoms with Crippen molar-refractivity contribution in [2.24, 2.45) is 0 Å². The Labute approximate surface area is 136 Å². The summed E-state index contributed by atoms with van der Waals surface area (Å²) in [6, 6.07) is 15.8. The van der Waals surface area contributed by atoms with Crippen LogP contribution in [0.4, 0.5) is 0 Å². The Morgan fingerprint density at radius 1 is 1.22 bits per heavy atom. The van der Waals surface area contributed by atoms with Gasteiger partial charge in [-0.15, -0.1) is 0 Å². The molecule has 122 valence electrons. The van der Waals surface area contributed by atoms with Crippen LogP contribution in [0.5, 0.6) is 5.88 Å². The van der Waals surface area contributed by atoms with E-state index in [1.54, 1.807) is 13.2 Å². The number of carboxylic acids is 1. The first kappa shape index (κ1) is 17.0. The lowest BCUT2D eigenvalue weighted by atomic mass is 10.0. The topological polar surface area (TPSA) is 71.5 Å². The summed E-state index contributed by atoms with van der Waals surface area (Å²) in [6.07, 6.45) is 1.52. The van der Waals surface area contributed by atoms with Crippen LogP contribution in [0.15, 0.2) is 48.5 Å². The maximum atomic E-state index is 10.9. The summed E-state index contributed by atoms with van der Waals surface area (Å²) in [7, 11) is 1.59. The predicted molar refractivity (Wildman–Crippen MR) is 88.4 cm³/mol. The molecule has 1 aromatic heterocycles. The van der Waals surface area contributed by atoms with Gasteiger partial charge in [-0.05, 0) is 24.5 Å². The summed E-state index contributed by atoms with van der Waals surface area (Å²) in [4.78, 5) is 15.2. The second kappa shape index (κ2) is 8.90. The minimum absolute atomic E-state index is 0.0847. The van der Waals surface area contributed by atoms with Crippen molar-refractivity contribution in [3.05, 3.63) is 59.8 Å². The van der Waals surface area contributed by atoms with Crippen LogP contribution in [0.25, 0.3) is 0 Å². The van der Waals surface area contributed by atoms with Gasteiger partial charge in [-0.3, -0.25) is 4.79 Å².